The number of nitrogens with one attached hydrogen (secondary N) is 1. The molecule has 2 aliphatic rings. The molecule has 4 rings (SSSR count). The molecule has 0 unspecified atom stereocenters. The molecule has 2 fully saturated rings. The molecule has 5 nitrogen and oxygen atoms in total. The standard InChI is InChI=1S/C20H24N2O3/c23-20(14-6-9-24-10-7-14)22-19-13-25-12-16(19)11-15-5-8-21-18-4-2-1-3-17(15)18/h1-5,8,14,16,19H,6-7,9-13H2,(H,22,23)/t16-,19+/m1/s1. The number of carbonyl (C=O) groups excluding carboxylic acids is 1. The lowest BCUT2D eigenvalue weighted by molar-refractivity contribution is -0.128. The van der Waals surface area contributed by atoms with Gasteiger partial charge >= 0.3 is 0 Å². The molecular weight excluding hydrogens is 316 g/mol. The highest BCUT2D eigenvalue weighted by Gasteiger charge is 2.32. The molecule has 0 saturated carbocycles. The summed E-state index contributed by atoms with van der Waals surface area (Å²) in [4.78, 5) is 17.0. The Morgan fingerprint density at radius 1 is 1.12 bits per heavy atom. The minimum absolute atomic E-state index is 0.0803. The lowest BCUT2D eigenvalue weighted by Gasteiger charge is -2.25. The fraction of sp³-hybridized carbons (Fsp3) is 0.500. The van der Waals surface area contributed by atoms with Crippen LogP contribution in [0.15, 0.2) is 36.5 Å². The van der Waals surface area contributed by atoms with Gasteiger partial charge in [0, 0.05) is 36.6 Å². The molecule has 0 bridgehead atoms. The monoisotopic (exact) mass is 340 g/mol. The third-order valence-corrected chi connectivity index (χ3v) is 5.34. The van der Waals surface area contributed by atoms with E-state index >= 15 is 0 Å². The minimum Gasteiger partial charge on any atom is -0.381 e. The van der Waals surface area contributed by atoms with Gasteiger partial charge in [-0.15, -0.1) is 0 Å². The van der Waals surface area contributed by atoms with E-state index in [0.29, 0.717) is 32.3 Å². The third kappa shape index (κ3) is 3.67. The zero-order chi connectivity index (χ0) is 17.1. The number of nitrogens with zero attached hydrogens (tertiary/aromatic N) is 1. The number of fused-ring (bicyclic) bond motifs is 1. The minimum atomic E-state index is 0.0803. The Balaban J connectivity index is 1.45. The molecule has 1 amide bonds. The van der Waals surface area contributed by atoms with Gasteiger partial charge in [0.05, 0.1) is 24.8 Å². The molecule has 1 N–H and O–H groups in total. The zero-order valence-electron chi connectivity index (χ0n) is 14.3. The van der Waals surface area contributed by atoms with Crippen molar-refractivity contribution in [3.8, 4) is 0 Å². The second kappa shape index (κ2) is 7.50. The number of aromatic nitrogens is 1. The quantitative estimate of drug-likeness (QED) is 0.928. The van der Waals surface area contributed by atoms with Crippen LogP contribution in [0, 0.1) is 11.8 Å². The van der Waals surface area contributed by atoms with Crippen LogP contribution in [0.2, 0.25) is 0 Å². The van der Waals surface area contributed by atoms with Gasteiger partial charge in [0.25, 0.3) is 0 Å². The van der Waals surface area contributed by atoms with Crippen molar-refractivity contribution in [1.29, 1.82) is 0 Å². The van der Waals surface area contributed by atoms with Crippen molar-refractivity contribution in [2.24, 2.45) is 11.8 Å². The Bertz CT molecular complexity index is 737. The predicted octanol–water partition coefficient (Wildman–Crippen LogP) is 2.34. The first-order chi connectivity index (χ1) is 12.3. The molecule has 1 aromatic carbocycles. The summed E-state index contributed by atoms with van der Waals surface area (Å²) in [6.45, 7) is 2.66. The van der Waals surface area contributed by atoms with Gasteiger partial charge in [-0.1, -0.05) is 18.2 Å². The van der Waals surface area contributed by atoms with Crippen molar-refractivity contribution < 1.29 is 14.3 Å². The first-order valence-electron chi connectivity index (χ1n) is 9.10. The smallest absolute Gasteiger partial charge is 0.223 e. The summed E-state index contributed by atoms with van der Waals surface area (Å²) in [5.74, 6) is 0.537. The molecule has 0 radical (unpaired) electrons. The van der Waals surface area contributed by atoms with Crippen molar-refractivity contribution >= 4 is 16.8 Å². The van der Waals surface area contributed by atoms with Gasteiger partial charge < -0.3 is 14.8 Å². The van der Waals surface area contributed by atoms with Crippen LogP contribution in [-0.4, -0.2) is 43.4 Å². The molecule has 25 heavy (non-hydrogen) atoms. The van der Waals surface area contributed by atoms with Gasteiger partial charge in [-0.05, 0) is 37.0 Å². The van der Waals surface area contributed by atoms with E-state index in [1.807, 2.05) is 24.4 Å². The number of hydrogen-bond donors (Lipinski definition) is 1. The van der Waals surface area contributed by atoms with E-state index in [2.05, 4.69) is 22.4 Å². The number of benzene rings is 1. The molecule has 132 valence electrons. The Morgan fingerprint density at radius 3 is 2.84 bits per heavy atom. The highest BCUT2D eigenvalue weighted by atomic mass is 16.5. The van der Waals surface area contributed by atoms with Crippen LogP contribution in [0.4, 0.5) is 0 Å². The maximum Gasteiger partial charge on any atom is 0.223 e. The van der Waals surface area contributed by atoms with Crippen molar-refractivity contribution in [1.82, 2.24) is 10.3 Å². The first kappa shape index (κ1) is 16.5. The van der Waals surface area contributed by atoms with E-state index in [0.717, 1.165) is 24.8 Å². The number of rotatable bonds is 4. The molecule has 3 heterocycles. The molecule has 5 heteroatoms. The lowest BCUT2D eigenvalue weighted by atomic mass is 9.92. The van der Waals surface area contributed by atoms with E-state index < -0.39 is 0 Å². The van der Waals surface area contributed by atoms with Gasteiger partial charge in [0.15, 0.2) is 0 Å². The van der Waals surface area contributed by atoms with Crippen LogP contribution >= 0.6 is 0 Å². The average molecular weight is 340 g/mol. The van der Waals surface area contributed by atoms with Crippen LogP contribution < -0.4 is 5.32 Å². The van der Waals surface area contributed by atoms with Crippen molar-refractivity contribution in [3.63, 3.8) is 0 Å². The number of carbonyl (C=O) groups is 1. The Morgan fingerprint density at radius 2 is 1.96 bits per heavy atom. The van der Waals surface area contributed by atoms with Crippen LogP contribution in [0.5, 0.6) is 0 Å². The topological polar surface area (TPSA) is 60.5 Å². The number of para-hydroxylation sites is 1. The molecule has 0 aliphatic carbocycles. The lowest BCUT2D eigenvalue weighted by Crippen LogP contribution is -2.44. The van der Waals surface area contributed by atoms with Gasteiger partial charge in [-0.25, -0.2) is 0 Å². The zero-order valence-corrected chi connectivity index (χ0v) is 14.3. The average Bonchev–Trinajstić information content (AvgIpc) is 3.09. The van der Waals surface area contributed by atoms with E-state index in [1.165, 1.54) is 10.9 Å². The molecule has 2 atom stereocenters. The molecule has 2 aliphatic heterocycles. The Hall–Kier alpha value is -1.98. The van der Waals surface area contributed by atoms with Crippen molar-refractivity contribution in [2.45, 2.75) is 25.3 Å². The molecule has 2 aromatic rings. The van der Waals surface area contributed by atoms with Gasteiger partial charge in [0.2, 0.25) is 5.91 Å². The number of pyridine rings is 1. The van der Waals surface area contributed by atoms with E-state index in [-0.39, 0.29) is 17.9 Å². The van der Waals surface area contributed by atoms with Crippen LogP contribution in [0.3, 0.4) is 0 Å². The molecular formula is C20H24N2O3. The summed E-state index contributed by atoms with van der Waals surface area (Å²) in [5, 5.41) is 4.42. The van der Waals surface area contributed by atoms with Gasteiger partial charge in [0.1, 0.15) is 0 Å². The first-order valence-corrected chi connectivity index (χ1v) is 9.10. The highest BCUT2D eigenvalue weighted by molar-refractivity contribution is 5.82. The van der Waals surface area contributed by atoms with Crippen LogP contribution in [0.25, 0.3) is 10.9 Å². The summed E-state index contributed by atoms with van der Waals surface area (Å²) in [6, 6.07) is 10.4. The SMILES string of the molecule is O=C(N[C@H]1COC[C@H]1Cc1ccnc2ccccc12)C1CCOCC1. The Labute approximate surface area is 147 Å². The van der Waals surface area contributed by atoms with Crippen LogP contribution in [0.1, 0.15) is 18.4 Å². The fourth-order valence-electron chi connectivity index (χ4n) is 3.84. The Kier molecular flexibility index (Phi) is 4.95. The number of amides is 1. The van der Waals surface area contributed by atoms with Crippen molar-refractivity contribution in [2.75, 3.05) is 26.4 Å². The number of hydrogen-bond acceptors (Lipinski definition) is 4. The second-order valence-electron chi connectivity index (χ2n) is 6.99. The van der Waals surface area contributed by atoms with Crippen molar-refractivity contribution in [3.05, 3.63) is 42.1 Å². The predicted molar refractivity (Wildman–Crippen MR) is 95.2 cm³/mol. The molecule has 0 spiro atoms. The summed E-state index contributed by atoms with van der Waals surface area (Å²) < 4.78 is 11.0. The van der Waals surface area contributed by atoms with Crippen LogP contribution in [-0.2, 0) is 20.7 Å². The number of ether oxygens (including phenoxy) is 2. The van der Waals surface area contributed by atoms with Gasteiger partial charge in [-0.2, -0.15) is 0 Å². The second-order valence-corrected chi connectivity index (χ2v) is 6.99. The maximum atomic E-state index is 12.5. The fourth-order valence-corrected chi connectivity index (χ4v) is 3.84. The summed E-state index contributed by atoms with van der Waals surface area (Å²) in [5.41, 5.74) is 2.29. The van der Waals surface area contributed by atoms with E-state index in [4.69, 9.17) is 9.47 Å². The van der Waals surface area contributed by atoms with E-state index in [9.17, 15) is 4.79 Å². The third-order valence-electron chi connectivity index (χ3n) is 5.34. The highest BCUT2D eigenvalue weighted by Crippen LogP contribution is 2.25. The summed E-state index contributed by atoms with van der Waals surface area (Å²) >= 11 is 0. The van der Waals surface area contributed by atoms with Gasteiger partial charge in [-0.3, -0.25) is 9.78 Å². The largest absolute Gasteiger partial charge is 0.381 e. The summed E-state index contributed by atoms with van der Waals surface area (Å²) in [6.07, 6.45) is 4.39. The summed E-state index contributed by atoms with van der Waals surface area (Å²) in [7, 11) is 0. The molecule has 1 aromatic heterocycles. The van der Waals surface area contributed by atoms with E-state index in [1.54, 1.807) is 0 Å². The normalized spacial score (nSPS) is 24.5. The molecule has 2 saturated heterocycles. The maximum absolute atomic E-state index is 12.5.